The van der Waals surface area contributed by atoms with E-state index in [2.05, 4.69) is 6.07 Å². The molecule has 1 aromatic carbocycles. The third kappa shape index (κ3) is 4.78. The van der Waals surface area contributed by atoms with E-state index in [0.29, 0.717) is 24.5 Å². The van der Waals surface area contributed by atoms with Crippen molar-refractivity contribution in [2.24, 2.45) is 5.73 Å². The molecule has 1 saturated heterocycles. The molecule has 0 radical (unpaired) electrons. The number of nitrogens with zero attached hydrogens (tertiary/aromatic N) is 1. The molecule has 7 heteroatoms. The van der Waals surface area contributed by atoms with Crippen LogP contribution in [-0.4, -0.2) is 31.9 Å². The Hall–Kier alpha value is -2.82. The van der Waals surface area contributed by atoms with Crippen molar-refractivity contribution in [3.05, 3.63) is 58.2 Å². The van der Waals surface area contributed by atoms with E-state index < -0.39 is 11.9 Å². The lowest BCUT2D eigenvalue weighted by atomic mass is 9.83. The summed E-state index contributed by atoms with van der Waals surface area (Å²) in [6.45, 7) is 5.46. The molecule has 7 nitrogen and oxygen atoms in total. The first-order chi connectivity index (χ1) is 14.0. The monoisotopic (exact) mass is 398 g/mol. The van der Waals surface area contributed by atoms with Gasteiger partial charge in [0, 0.05) is 6.61 Å². The number of esters is 1. The summed E-state index contributed by atoms with van der Waals surface area (Å²) in [5.41, 5.74) is 8.16. The van der Waals surface area contributed by atoms with E-state index >= 15 is 0 Å². The van der Waals surface area contributed by atoms with Crippen molar-refractivity contribution in [2.45, 2.75) is 45.3 Å². The molecule has 2 atom stereocenters. The molecule has 29 heavy (non-hydrogen) atoms. The molecule has 1 aromatic rings. The molecule has 2 aliphatic rings. The standard InChI is InChI=1S/C22H26N2O5/c1-3-27-22(25)19-14(2)29-21(24)18(11-23)20(19)16-8-6-15(7-9-16)12-26-13-17-5-4-10-28-17/h6-9,17,20H,3-5,10,12-13,24H2,1-2H3. The van der Waals surface area contributed by atoms with Gasteiger partial charge < -0.3 is 24.7 Å². The van der Waals surface area contributed by atoms with Gasteiger partial charge in [0.25, 0.3) is 0 Å². The summed E-state index contributed by atoms with van der Waals surface area (Å²) in [7, 11) is 0. The molecule has 0 amide bonds. The van der Waals surface area contributed by atoms with Gasteiger partial charge in [0.2, 0.25) is 5.88 Å². The molecule has 0 saturated carbocycles. The topological polar surface area (TPSA) is 104 Å². The van der Waals surface area contributed by atoms with Gasteiger partial charge in [-0.2, -0.15) is 5.26 Å². The highest BCUT2D eigenvalue weighted by atomic mass is 16.5. The van der Waals surface area contributed by atoms with Gasteiger partial charge in [-0.05, 0) is 37.8 Å². The van der Waals surface area contributed by atoms with E-state index in [4.69, 9.17) is 24.7 Å². The van der Waals surface area contributed by atoms with E-state index in [-0.39, 0.29) is 24.2 Å². The number of carbonyl (C=O) groups excluding carboxylic acids is 1. The second-order valence-electron chi connectivity index (χ2n) is 7.01. The van der Waals surface area contributed by atoms with E-state index in [1.165, 1.54) is 0 Å². The molecule has 1 fully saturated rings. The van der Waals surface area contributed by atoms with E-state index in [9.17, 15) is 10.1 Å². The maximum absolute atomic E-state index is 12.5. The molecule has 0 aliphatic carbocycles. The van der Waals surface area contributed by atoms with Crippen LogP contribution < -0.4 is 5.73 Å². The second kappa shape index (κ2) is 9.59. The molecule has 2 N–H and O–H groups in total. The number of benzene rings is 1. The van der Waals surface area contributed by atoms with Crippen LogP contribution in [0.5, 0.6) is 0 Å². The minimum atomic E-state index is -0.630. The summed E-state index contributed by atoms with van der Waals surface area (Å²) in [4.78, 5) is 12.5. The highest BCUT2D eigenvalue weighted by molar-refractivity contribution is 5.92. The number of hydrogen-bond donors (Lipinski definition) is 1. The lowest BCUT2D eigenvalue weighted by molar-refractivity contribution is -0.139. The first kappa shape index (κ1) is 20.9. The van der Waals surface area contributed by atoms with Crippen molar-refractivity contribution < 1.29 is 23.7 Å². The maximum Gasteiger partial charge on any atom is 0.338 e. The number of hydrogen-bond acceptors (Lipinski definition) is 7. The average Bonchev–Trinajstić information content (AvgIpc) is 3.21. The van der Waals surface area contributed by atoms with Crippen molar-refractivity contribution in [1.29, 1.82) is 5.26 Å². The Morgan fingerprint density at radius 2 is 2.10 bits per heavy atom. The molecule has 0 spiro atoms. The largest absolute Gasteiger partial charge is 0.463 e. The van der Waals surface area contributed by atoms with Crippen molar-refractivity contribution in [3.8, 4) is 6.07 Å². The lowest BCUT2D eigenvalue weighted by Gasteiger charge is -2.27. The van der Waals surface area contributed by atoms with Gasteiger partial charge in [-0.1, -0.05) is 24.3 Å². The number of nitriles is 1. The van der Waals surface area contributed by atoms with Crippen molar-refractivity contribution in [2.75, 3.05) is 19.8 Å². The zero-order chi connectivity index (χ0) is 20.8. The van der Waals surface area contributed by atoms with Crippen LogP contribution in [0.25, 0.3) is 0 Å². The fourth-order valence-corrected chi connectivity index (χ4v) is 3.58. The number of ether oxygens (including phenoxy) is 4. The van der Waals surface area contributed by atoms with Crippen molar-refractivity contribution >= 4 is 5.97 Å². The van der Waals surface area contributed by atoms with Gasteiger partial charge in [-0.15, -0.1) is 0 Å². The second-order valence-corrected chi connectivity index (χ2v) is 7.01. The van der Waals surface area contributed by atoms with E-state index in [1.807, 2.05) is 24.3 Å². The minimum Gasteiger partial charge on any atom is -0.463 e. The van der Waals surface area contributed by atoms with Crippen LogP contribution in [0.2, 0.25) is 0 Å². The lowest BCUT2D eigenvalue weighted by Crippen LogP contribution is -2.25. The highest BCUT2D eigenvalue weighted by Crippen LogP contribution is 2.39. The molecular weight excluding hydrogens is 372 g/mol. The molecule has 3 rings (SSSR count). The number of rotatable bonds is 7. The van der Waals surface area contributed by atoms with Crippen LogP contribution in [0.3, 0.4) is 0 Å². The van der Waals surface area contributed by atoms with Crippen molar-refractivity contribution in [1.82, 2.24) is 0 Å². The first-order valence-electron chi connectivity index (χ1n) is 9.78. The normalized spacial score (nSPS) is 21.7. The van der Waals surface area contributed by atoms with Crippen molar-refractivity contribution in [3.63, 3.8) is 0 Å². The van der Waals surface area contributed by atoms with Crippen LogP contribution in [0, 0.1) is 11.3 Å². The quantitative estimate of drug-likeness (QED) is 0.704. The Labute approximate surface area is 170 Å². The van der Waals surface area contributed by atoms with Crippen LogP contribution in [0.15, 0.2) is 47.1 Å². The van der Waals surface area contributed by atoms with E-state index in [1.54, 1.807) is 13.8 Å². The number of nitrogens with two attached hydrogens (primary N) is 1. The molecule has 2 unspecified atom stereocenters. The molecule has 2 aliphatic heterocycles. The molecular formula is C22H26N2O5. The van der Waals surface area contributed by atoms with E-state index in [0.717, 1.165) is 30.6 Å². The fourth-order valence-electron chi connectivity index (χ4n) is 3.58. The van der Waals surface area contributed by atoms with Gasteiger partial charge in [-0.3, -0.25) is 0 Å². The van der Waals surface area contributed by atoms with Gasteiger partial charge in [0.15, 0.2) is 0 Å². The van der Waals surface area contributed by atoms with Gasteiger partial charge in [0.1, 0.15) is 17.4 Å². The Morgan fingerprint density at radius 3 is 2.72 bits per heavy atom. The Morgan fingerprint density at radius 1 is 1.34 bits per heavy atom. The molecule has 154 valence electrons. The Kier molecular flexibility index (Phi) is 6.91. The summed E-state index contributed by atoms with van der Waals surface area (Å²) in [6.07, 6.45) is 2.31. The first-order valence-corrected chi connectivity index (χ1v) is 9.78. The minimum absolute atomic E-state index is 0.00650. The van der Waals surface area contributed by atoms with Gasteiger partial charge in [-0.25, -0.2) is 4.79 Å². The summed E-state index contributed by atoms with van der Waals surface area (Å²) < 4.78 is 21.9. The third-order valence-electron chi connectivity index (χ3n) is 5.01. The average molecular weight is 398 g/mol. The zero-order valence-corrected chi connectivity index (χ0v) is 16.8. The molecule has 2 heterocycles. The Balaban J connectivity index is 1.78. The Bertz CT molecular complexity index is 845. The molecule has 0 aromatic heterocycles. The summed E-state index contributed by atoms with van der Waals surface area (Å²) in [5.74, 6) is -0.796. The zero-order valence-electron chi connectivity index (χ0n) is 16.8. The highest BCUT2D eigenvalue weighted by Gasteiger charge is 2.36. The summed E-state index contributed by atoms with van der Waals surface area (Å²) in [5, 5.41) is 9.61. The van der Waals surface area contributed by atoms with Crippen LogP contribution >= 0.6 is 0 Å². The molecule has 0 bridgehead atoms. The number of carbonyl (C=O) groups is 1. The van der Waals surface area contributed by atoms with Crippen LogP contribution in [0.1, 0.15) is 43.7 Å². The smallest absolute Gasteiger partial charge is 0.338 e. The summed E-state index contributed by atoms with van der Waals surface area (Å²) in [6, 6.07) is 9.67. The maximum atomic E-state index is 12.5. The van der Waals surface area contributed by atoms with Gasteiger partial charge in [0.05, 0.1) is 37.4 Å². The third-order valence-corrected chi connectivity index (χ3v) is 5.01. The predicted molar refractivity (Wildman–Crippen MR) is 105 cm³/mol. The summed E-state index contributed by atoms with van der Waals surface area (Å²) >= 11 is 0. The van der Waals surface area contributed by atoms with Crippen LogP contribution in [-0.2, 0) is 30.3 Å². The SMILES string of the molecule is CCOC(=O)C1=C(C)OC(N)=C(C#N)C1c1ccc(COCC2CCCO2)cc1. The number of allylic oxidation sites excluding steroid dienone is 2. The fraction of sp³-hybridized carbons (Fsp3) is 0.455. The predicted octanol–water partition coefficient (Wildman–Crippen LogP) is 3.03. The van der Waals surface area contributed by atoms with Gasteiger partial charge >= 0.3 is 5.97 Å². The van der Waals surface area contributed by atoms with Crippen LogP contribution in [0.4, 0.5) is 0 Å².